The van der Waals surface area contributed by atoms with Crippen molar-refractivity contribution in [1.82, 2.24) is 4.90 Å². The lowest BCUT2D eigenvalue weighted by molar-refractivity contribution is -0.151. The van der Waals surface area contributed by atoms with E-state index in [1.54, 1.807) is 0 Å². The van der Waals surface area contributed by atoms with E-state index in [-0.39, 0.29) is 0 Å². The van der Waals surface area contributed by atoms with Gasteiger partial charge in [0.15, 0.2) is 0 Å². The number of hydrogen-bond acceptors (Lipinski definition) is 2. The van der Waals surface area contributed by atoms with Crippen LogP contribution < -0.4 is 0 Å². The van der Waals surface area contributed by atoms with Gasteiger partial charge in [-0.15, -0.1) is 0 Å². The van der Waals surface area contributed by atoms with E-state index in [2.05, 4.69) is 18.7 Å². The largest absolute Gasteiger partial charge is 0.480 e. The Labute approximate surface area is 79.7 Å². The standard InChI is InChI=1S/C10H19NO2/c1-4-10(9(12)13)6-5-7-11(10)8(2)3/h8H,4-7H2,1-3H3,(H,12,13). The number of rotatable bonds is 3. The third kappa shape index (κ3) is 1.57. The third-order valence-corrected chi connectivity index (χ3v) is 3.15. The summed E-state index contributed by atoms with van der Waals surface area (Å²) in [5.41, 5.74) is -0.575. The first-order valence-electron chi connectivity index (χ1n) is 5.04. The average Bonchev–Trinajstić information content (AvgIpc) is 2.48. The molecule has 76 valence electrons. The fraction of sp³-hybridized carbons (Fsp3) is 0.900. The highest BCUT2D eigenvalue weighted by Crippen LogP contribution is 2.34. The van der Waals surface area contributed by atoms with Gasteiger partial charge in [0.25, 0.3) is 0 Å². The minimum atomic E-state index is -0.652. The molecular formula is C10H19NO2. The maximum absolute atomic E-state index is 11.2. The first-order chi connectivity index (χ1) is 6.04. The quantitative estimate of drug-likeness (QED) is 0.728. The molecule has 0 aliphatic carbocycles. The Hall–Kier alpha value is -0.570. The van der Waals surface area contributed by atoms with Crippen LogP contribution in [0.25, 0.3) is 0 Å². The van der Waals surface area contributed by atoms with Gasteiger partial charge in [0.05, 0.1) is 0 Å². The lowest BCUT2D eigenvalue weighted by Crippen LogP contribution is -2.52. The molecule has 1 rings (SSSR count). The summed E-state index contributed by atoms with van der Waals surface area (Å²) < 4.78 is 0. The van der Waals surface area contributed by atoms with Crippen LogP contribution in [-0.4, -0.2) is 34.1 Å². The van der Waals surface area contributed by atoms with E-state index in [1.807, 2.05) is 6.92 Å². The normalized spacial score (nSPS) is 29.8. The lowest BCUT2D eigenvalue weighted by Gasteiger charge is -2.36. The van der Waals surface area contributed by atoms with Crippen LogP contribution in [0.2, 0.25) is 0 Å². The molecule has 1 fully saturated rings. The minimum absolute atomic E-state index is 0.332. The Bertz CT molecular complexity index is 203. The zero-order valence-electron chi connectivity index (χ0n) is 8.71. The van der Waals surface area contributed by atoms with Crippen LogP contribution in [0.15, 0.2) is 0 Å². The maximum Gasteiger partial charge on any atom is 0.324 e. The molecule has 0 amide bonds. The molecule has 1 unspecified atom stereocenters. The summed E-state index contributed by atoms with van der Waals surface area (Å²) >= 11 is 0. The number of nitrogens with zero attached hydrogens (tertiary/aromatic N) is 1. The number of likely N-dealkylation sites (tertiary alicyclic amines) is 1. The summed E-state index contributed by atoms with van der Waals surface area (Å²) in [7, 11) is 0. The van der Waals surface area contributed by atoms with Crippen molar-refractivity contribution in [2.45, 2.75) is 51.6 Å². The molecule has 1 atom stereocenters. The Morgan fingerprint density at radius 1 is 1.62 bits per heavy atom. The summed E-state index contributed by atoms with van der Waals surface area (Å²) in [6.07, 6.45) is 2.52. The van der Waals surface area contributed by atoms with Crippen molar-refractivity contribution < 1.29 is 9.90 Å². The predicted molar refractivity (Wildman–Crippen MR) is 51.7 cm³/mol. The molecule has 3 nitrogen and oxygen atoms in total. The van der Waals surface area contributed by atoms with Gasteiger partial charge in [-0.2, -0.15) is 0 Å². The van der Waals surface area contributed by atoms with Crippen LogP contribution >= 0.6 is 0 Å². The molecule has 1 saturated heterocycles. The monoisotopic (exact) mass is 185 g/mol. The van der Waals surface area contributed by atoms with Gasteiger partial charge in [0.1, 0.15) is 5.54 Å². The molecule has 1 aliphatic heterocycles. The smallest absolute Gasteiger partial charge is 0.324 e. The van der Waals surface area contributed by atoms with Crippen LogP contribution in [0.5, 0.6) is 0 Å². The number of carboxylic acid groups (broad SMARTS) is 1. The van der Waals surface area contributed by atoms with E-state index in [1.165, 1.54) is 0 Å². The number of aliphatic carboxylic acids is 1. The SMILES string of the molecule is CCC1(C(=O)O)CCCN1C(C)C. The number of carbonyl (C=O) groups is 1. The Morgan fingerprint density at radius 2 is 2.23 bits per heavy atom. The molecular weight excluding hydrogens is 166 g/mol. The van der Waals surface area contributed by atoms with Gasteiger partial charge in [0.2, 0.25) is 0 Å². The summed E-state index contributed by atoms with van der Waals surface area (Å²) in [5.74, 6) is -0.652. The first kappa shape index (κ1) is 10.5. The molecule has 0 bridgehead atoms. The van der Waals surface area contributed by atoms with Crippen molar-refractivity contribution >= 4 is 5.97 Å². The second-order valence-corrected chi connectivity index (χ2v) is 4.08. The van der Waals surface area contributed by atoms with Gasteiger partial charge in [0, 0.05) is 6.04 Å². The van der Waals surface area contributed by atoms with Crippen LogP contribution in [-0.2, 0) is 4.79 Å². The fourth-order valence-corrected chi connectivity index (χ4v) is 2.41. The third-order valence-electron chi connectivity index (χ3n) is 3.15. The Kier molecular flexibility index (Phi) is 2.96. The van der Waals surface area contributed by atoms with Gasteiger partial charge in [-0.3, -0.25) is 9.69 Å². The minimum Gasteiger partial charge on any atom is -0.480 e. The van der Waals surface area contributed by atoms with Crippen LogP contribution in [0.4, 0.5) is 0 Å². The summed E-state index contributed by atoms with van der Waals surface area (Å²) in [6, 6.07) is 0.332. The lowest BCUT2D eigenvalue weighted by atomic mass is 9.92. The summed E-state index contributed by atoms with van der Waals surface area (Å²) in [4.78, 5) is 13.3. The highest BCUT2D eigenvalue weighted by atomic mass is 16.4. The summed E-state index contributed by atoms with van der Waals surface area (Å²) in [5, 5.41) is 9.24. The first-order valence-corrected chi connectivity index (χ1v) is 5.04. The fourth-order valence-electron chi connectivity index (χ4n) is 2.41. The van der Waals surface area contributed by atoms with Crippen LogP contribution in [0.3, 0.4) is 0 Å². The van der Waals surface area contributed by atoms with E-state index < -0.39 is 11.5 Å². The number of hydrogen-bond donors (Lipinski definition) is 1. The van der Waals surface area contributed by atoms with Crippen LogP contribution in [0.1, 0.15) is 40.0 Å². The van der Waals surface area contributed by atoms with Crippen molar-refractivity contribution in [3.63, 3.8) is 0 Å². The highest BCUT2D eigenvalue weighted by molar-refractivity contribution is 5.79. The highest BCUT2D eigenvalue weighted by Gasteiger charge is 2.46. The van der Waals surface area contributed by atoms with Crippen molar-refractivity contribution in [2.24, 2.45) is 0 Å². The van der Waals surface area contributed by atoms with Gasteiger partial charge >= 0.3 is 5.97 Å². The zero-order chi connectivity index (χ0) is 10.1. The molecule has 1 aliphatic rings. The van der Waals surface area contributed by atoms with Gasteiger partial charge in [-0.25, -0.2) is 0 Å². The summed E-state index contributed by atoms with van der Waals surface area (Å²) in [6.45, 7) is 7.03. The molecule has 13 heavy (non-hydrogen) atoms. The zero-order valence-corrected chi connectivity index (χ0v) is 8.71. The second-order valence-electron chi connectivity index (χ2n) is 4.08. The van der Waals surface area contributed by atoms with E-state index in [9.17, 15) is 9.90 Å². The van der Waals surface area contributed by atoms with Gasteiger partial charge in [-0.05, 0) is 39.7 Å². The Morgan fingerprint density at radius 3 is 2.54 bits per heavy atom. The van der Waals surface area contributed by atoms with Crippen molar-refractivity contribution in [3.05, 3.63) is 0 Å². The van der Waals surface area contributed by atoms with Crippen LogP contribution in [0, 0.1) is 0 Å². The van der Waals surface area contributed by atoms with Gasteiger partial charge < -0.3 is 5.11 Å². The van der Waals surface area contributed by atoms with E-state index in [0.717, 1.165) is 19.4 Å². The van der Waals surface area contributed by atoms with Crippen molar-refractivity contribution in [3.8, 4) is 0 Å². The molecule has 0 aromatic heterocycles. The molecule has 0 aromatic rings. The molecule has 0 spiro atoms. The number of carboxylic acids is 1. The van der Waals surface area contributed by atoms with E-state index in [0.29, 0.717) is 12.5 Å². The molecule has 0 saturated carbocycles. The second kappa shape index (κ2) is 3.66. The topological polar surface area (TPSA) is 40.5 Å². The average molecular weight is 185 g/mol. The molecule has 1 N–H and O–H groups in total. The maximum atomic E-state index is 11.2. The molecule has 3 heteroatoms. The molecule has 1 heterocycles. The molecule has 0 aromatic carbocycles. The predicted octanol–water partition coefficient (Wildman–Crippen LogP) is 1.72. The van der Waals surface area contributed by atoms with Crippen molar-refractivity contribution in [2.75, 3.05) is 6.54 Å². The van der Waals surface area contributed by atoms with Gasteiger partial charge in [-0.1, -0.05) is 6.92 Å². The van der Waals surface area contributed by atoms with E-state index in [4.69, 9.17) is 0 Å². The Balaban J connectivity index is 2.90. The molecule has 0 radical (unpaired) electrons. The van der Waals surface area contributed by atoms with E-state index >= 15 is 0 Å². The van der Waals surface area contributed by atoms with Crippen molar-refractivity contribution in [1.29, 1.82) is 0 Å².